The van der Waals surface area contributed by atoms with Gasteiger partial charge in [0.1, 0.15) is 5.75 Å². The van der Waals surface area contributed by atoms with E-state index in [4.69, 9.17) is 14.2 Å². The van der Waals surface area contributed by atoms with Crippen molar-refractivity contribution in [1.29, 1.82) is 0 Å². The molecule has 3 aromatic carbocycles. The quantitative estimate of drug-likeness (QED) is 0.209. The minimum Gasteiger partial charge on any atom is -0.497 e. The highest BCUT2D eigenvalue weighted by atomic mass is 16.5. The van der Waals surface area contributed by atoms with E-state index in [1.807, 2.05) is 30.3 Å². The van der Waals surface area contributed by atoms with Crippen molar-refractivity contribution in [2.75, 3.05) is 20.8 Å². The van der Waals surface area contributed by atoms with E-state index < -0.39 is 11.8 Å². The smallest absolute Gasteiger partial charge is 0.329 e. The molecule has 3 aromatic rings. The van der Waals surface area contributed by atoms with Crippen LogP contribution in [0.2, 0.25) is 0 Å². The van der Waals surface area contributed by atoms with Crippen molar-refractivity contribution < 1.29 is 28.6 Å². The lowest BCUT2D eigenvalue weighted by Crippen LogP contribution is -2.37. The number of rotatable bonds is 11. The van der Waals surface area contributed by atoms with Crippen molar-refractivity contribution in [2.24, 2.45) is 5.10 Å². The van der Waals surface area contributed by atoms with E-state index in [1.165, 1.54) is 13.3 Å². The number of ether oxygens (including phenoxy) is 3. The second-order valence-corrected chi connectivity index (χ2v) is 7.66. The van der Waals surface area contributed by atoms with E-state index in [2.05, 4.69) is 21.2 Å². The molecule has 10 heteroatoms. The predicted octanol–water partition coefficient (Wildman–Crippen LogP) is 2.17. The van der Waals surface area contributed by atoms with Crippen molar-refractivity contribution in [3.63, 3.8) is 0 Å². The number of hydrogen-bond donors (Lipinski definition) is 3. The van der Waals surface area contributed by atoms with E-state index in [0.29, 0.717) is 23.6 Å². The van der Waals surface area contributed by atoms with Crippen LogP contribution in [0.3, 0.4) is 0 Å². The maximum atomic E-state index is 12.3. The van der Waals surface area contributed by atoms with Crippen molar-refractivity contribution >= 4 is 23.9 Å². The van der Waals surface area contributed by atoms with Gasteiger partial charge in [-0.2, -0.15) is 5.10 Å². The minimum absolute atomic E-state index is 0.167. The fraction of sp³-hybridized carbons (Fsp3) is 0.185. The number of amides is 3. The summed E-state index contributed by atoms with van der Waals surface area (Å²) >= 11 is 0. The number of hydrazone groups is 1. The third-order valence-electron chi connectivity index (χ3n) is 5.10. The molecule has 0 fully saturated rings. The first-order valence-electron chi connectivity index (χ1n) is 11.3. The van der Waals surface area contributed by atoms with E-state index in [-0.39, 0.29) is 24.8 Å². The van der Waals surface area contributed by atoms with Crippen LogP contribution >= 0.6 is 0 Å². The minimum atomic E-state index is -0.935. The van der Waals surface area contributed by atoms with Gasteiger partial charge in [0.15, 0.2) is 18.1 Å². The summed E-state index contributed by atoms with van der Waals surface area (Å²) in [7, 11) is 3.03. The maximum absolute atomic E-state index is 12.3. The average Bonchev–Trinajstić information content (AvgIpc) is 2.94. The third kappa shape index (κ3) is 8.39. The first-order chi connectivity index (χ1) is 18.0. The van der Waals surface area contributed by atoms with Gasteiger partial charge in [-0.15, -0.1) is 0 Å². The number of methoxy groups -OCH3 is 2. The van der Waals surface area contributed by atoms with Gasteiger partial charge >= 0.3 is 11.8 Å². The molecule has 0 radical (unpaired) electrons. The van der Waals surface area contributed by atoms with Gasteiger partial charge in [-0.3, -0.25) is 14.4 Å². The summed E-state index contributed by atoms with van der Waals surface area (Å²) in [5, 5.41) is 9.14. The Balaban J connectivity index is 1.53. The topological polar surface area (TPSA) is 127 Å². The highest BCUT2D eigenvalue weighted by Gasteiger charge is 2.14. The van der Waals surface area contributed by atoms with Crippen molar-refractivity contribution in [2.45, 2.75) is 13.1 Å². The Kier molecular flexibility index (Phi) is 10.0. The van der Waals surface area contributed by atoms with E-state index in [1.54, 1.807) is 49.6 Å². The third-order valence-corrected chi connectivity index (χ3v) is 5.10. The van der Waals surface area contributed by atoms with Crippen molar-refractivity contribution in [3.05, 3.63) is 89.5 Å². The molecule has 0 aliphatic heterocycles. The standard InChI is InChI=1S/C27H28N4O6/c1-35-22-13-11-20(12-14-22)16-29-26(33)27(34)31-30-17-21-9-6-10-23(36-2)25(21)37-18-24(32)28-15-19-7-4-3-5-8-19/h3-14,17H,15-16,18H2,1-2H3,(H,28,32)(H,29,33)(H,31,34)/b30-17-. The summed E-state index contributed by atoms with van der Waals surface area (Å²) in [4.78, 5) is 36.4. The Morgan fingerprint density at radius 3 is 2.19 bits per heavy atom. The SMILES string of the molecule is COc1ccc(CNC(=O)C(=O)N/N=C\c2cccc(OC)c2OCC(=O)NCc2ccccc2)cc1. The fourth-order valence-corrected chi connectivity index (χ4v) is 3.15. The van der Waals surface area contributed by atoms with Gasteiger partial charge in [-0.25, -0.2) is 5.43 Å². The number of hydrogen-bond acceptors (Lipinski definition) is 7. The Bertz CT molecular complexity index is 1230. The molecule has 0 aliphatic carbocycles. The Morgan fingerprint density at radius 1 is 0.784 bits per heavy atom. The highest BCUT2D eigenvalue weighted by Crippen LogP contribution is 2.30. The molecule has 37 heavy (non-hydrogen) atoms. The molecule has 0 spiro atoms. The molecule has 0 atom stereocenters. The molecular weight excluding hydrogens is 476 g/mol. The molecular formula is C27H28N4O6. The number of benzene rings is 3. The van der Waals surface area contributed by atoms with Crippen LogP contribution in [-0.2, 0) is 27.5 Å². The van der Waals surface area contributed by atoms with Crippen LogP contribution in [0.1, 0.15) is 16.7 Å². The number of para-hydroxylation sites is 1. The highest BCUT2D eigenvalue weighted by molar-refractivity contribution is 6.35. The molecule has 0 bridgehead atoms. The van der Waals surface area contributed by atoms with Gasteiger partial charge in [-0.05, 0) is 35.4 Å². The summed E-state index contributed by atoms with van der Waals surface area (Å²) in [6.07, 6.45) is 1.30. The van der Waals surface area contributed by atoms with Crippen LogP contribution in [0.25, 0.3) is 0 Å². The van der Waals surface area contributed by atoms with Crippen LogP contribution in [0.4, 0.5) is 0 Å². The van der Waals surface area contributed by atoms with Gasteiger partial charge in [0.2, 0.25) is 0 Å². The first-order valence-corrected chi connectivity index (χ1v) is 11.3. The summed E-state index contributed by atoms with van der Waals surface area (Å²) in [6, 6.07) is 21.6. The molecule has 0 heterocycles. The molecule has 0 aromatic heterocycles. The lowest BCUT2D eigenvalue weighted by molar-refractivity contribution is -0.139. The summed E-state index contributed by atoms with van der Waals surface area (Å²) in [6.45, 7) is 0.282. The zero-order valence-electron chi connectivity index (χ0n) is 20.5. The van der Waals surface area contributed by atoms with Crippen molar-refractivity contribution in [1.82, 2.24) is 16.1 Å². The molecule has 0 aliphatic rings. The van der Waals surface area contributed by atoms with E-state index >= 15 is 0 Å². The van der Waals surface area contributed by atoms with Crippen LogP contribution in [0.15, 0.2) is 77.9 Å². The molecule has 10 nitrogen and oxygen atoms in total. The zero-order valence-corrected chi connectivity index (χ0v) is 20.5. The summed E-state index contributed by atoms with van der Waals surface area (Å²) in [5.41, 5.74) is 4.38. The normalized spacial score (nSPS) is 10.4. The second-order valence-electron chi connectivity index (χ2n) is 7.66. The van der Waals surface area contributed by atoms with Gasteiger partial charge in [0.05, 0.1) is 20.4 Å². The van der Waals surface area contributed by atoms with Crippen molar-refractivity contribution in [3.8, 4) is 17.2 Å². The molecule has 3 amide bonds. The van der Waals surface area contributed by atoms with Gasteiger partial charge in [0, 0.05) is 18.7 Å². The molecule has 192 valence electrons. The number of carbonyl (C=O) groups excluding carboxylic acids is 3. The summed E-state index contributed by atoms with van der Waals surface area (Å²) < 4.78 is 16.1. The van der Waals surface area contributed by atoms with E-state index in [0.717, 1.165) is 11.1 Å². The Morgan fingerprint density at radius 2 is 1.49 bits per heavy atom. The predicted molar refractivity (Wildman–Crippen MR) is 137 cm³/mol. The average molecular weight is 505 g/mol. The van der Waals surface area contributed by atoms with Crippen LogP contribution in [0, 0.1) is 0 Å². The maximum Gasteiger partial charge on any atom is 0.329 e. The Labute approximate surface area is 214 Å². The summed E-state index contributed by atoms with van der Waals surface area (Å²) in [5.74, 6) is -0.763. The van der Waals surface area contributed by atoms with Crippen LogP contribution < -0.4 is 30.3 Å². The monoisotopic (exact) mass is 504 g/mol. The van der Waals surface area contributed by atoms with E-state index in [9.17, 15) is 14.4 Å². The number of carbonyl (C=O) groups is 3. The molecule has 3 rings (SSSR count). The fourth-order valence-electron chi connectivity index (χ4n) is 3.15. The van der Waals surface area contributed by atoms with Gasteiger partial charge in [-0.1, -0.05) is 48.5 Å². The van der Waals surface area contributed by atoms with Crippen LogP contribution in [0.5, 0.6) is 17.2 Å². The number of nitrogens with zero attached hydrogens (tertiary/aromatic N) is 1. The first kappa shape index (κ1) is 26.7. The Hall–Kier alpha value is -4.86. The molecule has 0 saturated heterocycles. The number of nitrogens with one attached hydrogen (secondary N) is 3. The van der Waals surface area contributed by atoms with Crippen LogP contribution in [-0.4, -0.2) is 44.8 Å². The lowest BCUT2D eigenvalue weighted by Gasteiger charge is -2.13. The largest absolute Gasteiger partial charge is 0.497 e. The molecule has 0 unspecified atom stereocenters. The van der Waals surface area contributed by atoms with Gasteiger partial charge in [0.25, 0.3) is 5.91 Å². The molecule has 3 N–H and O–H groups in total. The lowest BCUT2D eigenvalue weighted by atomic mass is 10.2. The zero-order chi connectivity index (χ0) is 26.5. The molecule has 0 saturated carbocycles. The van der Waals surface area contributed by atoms with Gasteiger partial charge < -0.3 is 24.8 Å². The second kappa shape index (κ2) is 13.9.